The van der Waals surface area contributed by atoms with E-state index in [1.165, 1.54) is 37.1 Å². The van der Waals surface area contributed by atoms with Gasteiger partial charge in [-0.2, -0.15) is 0 Å². The molecule has 0 aromatic heterocycles. The highest BCUT2D eigenvalue weighted by atomic mass is 16.1. The van der Waals surface area contributed by atoms with Gasteiger partial charge < -0.3 is 15.1 Å². The Balaban J connectivity index is 1.31. The highest BCUT2D eigenvalue weighted by Crippen LogP contribution is 2.21. The van der Waals surface area contributed by atoms with Crippen molar-refractivity contribution in [3.8, 4) is 0 Å². The molecule has 0 atom stereocenters. The first-order valence-electron chi connectivity index (χ1n) is 9.77. The molecule has 0 radical (unpaired) electrons. The molecule has 2 fully saturated rings. The minimum absolute atomic E-state index is 0.0124. The van der Waals surface area contributed by atoms with Crippen LogP contribution < -0.4 is 15.1 Å². The molecule has 2 aromatic carbocycles. The van der Waals surface area contributed by atoms with Gasteiger partial charge in [-0.15, -0.1) is 0 Å². The molecule has 0 saturated carbocycles. The molecule has 0 spiro atoms. The second-order valence-electron chi connectivity index (χ2n) is 7.28. The molecule has 4 nitrogen and oxygen atoms in total. The number of nitrogens with zero attached hydrogens (tertiary/aromatic N) is 2. The van der Waals surface area contributed by atoms with E-state index in [-0.39, 0.29) is 5.91 Å². The third-order valence-corrected chi connectivity index (χ3v) is 5.46. The predicted molar refractivity (Wildman–Crippen MR) is 107 cm³/mol. The van der Waals surface area contributed by atoms with Gasteiger partial charge in [-0.1, -0.05) is 12.1 Å². The summed E-state index contributed by atoms with van der Waals surface area (Å²) in [5.74, 6) is -0.0124. The van der Waals surface area contributed by atoms with Gasteiger partial charge in [0.05, 0.1) is 0 Å². The fourth-order valence-electron chi connectivity index (χ4n) is 3.88. The Morgan fingerprint density at radius 3 is 1.69 bits per heavy atom. The number of nitrogens with one attached hydrogen (secondary N) is 1. The van der Waals surface area contributed by atoms with Crippen LogP contribution in [0.4, 0.5) is 11.4 Å². The van der Waals surface area contributed by atoms with Crippen LogP contribution in [0.5, 0.6) is 0 Å². The van der Waals surface area contributed by atoms with Crippen molar-refractivity contribution in [3.63, 3.8) is 0 Å². The molecule has 2 aliphatic heterocycles. The second kappa shape index (κ2) is 7.81. The number of anilines is 2. The van der Waals surface area contributed by atoms with Crippen LogP contribution in [0.25, 0.3) is 0 Å². The Morgan fingerprint density at radius 1 is 0.731 bits per heavy atom. The lowest BCUT2D eigenvalue weighted by Gasteiger charge is -2.18. The molecule has 2 aliphatic rings. The van der Waals surface area contributed by atoms with Crippen LogP contribution >= 0.6 is 0 Å². The SMILES string of the molecule is O=C(NCc1ccc(N2CCCC2)cc1)c1ccc(N2CCCC2)cc1. The molecule has 26 heavy (non-hydrogen) atoms. The van der Waals surface area contributed by atoms with E-state index < -0.39 is 0 Å². The largest absolute Gasteiger partial charge is 0.372 e. The van der Waals surface area contributed by atoms with Gasteiger partial charge in [-0.25, -0.2) is 0 Å². The molecule has 2 heterocycles. The molecule has 4 rings (SSSR count). The number of hydrogen-bond acceptors (Lipinski definition) is 3. The van der Waals surface area contributed by atoms with Crippen molar-refractivity contribution in [1.29, 1.82) is 0 Å². The minimum Gasteiger partial charge on any atom is -0.372 e. The van der Waals surface area contributed by atoms with Crippen molar-refractivity contribution in [2.75, 3.05) is 36.0 Å². The maximum Gasteiger partial charge on any atom is 0.251 e. The molecular formula is C22H27N3O. The molecular weight excluding hydrogens is 322 g/mol. The van der Waals surface area contributed by atoms with E-state index in [2.05, 4.69) is 51.5 Å². The Hall–Kier alpha value is -2.49. The van der Waals surface area contributed by atoms with E-state index in [4.69, 9.17) is 0 Å². The first kappa shape index (κ1) is 17.0. The molecule has 0 bridgehead atoms. The zero-order chi connectivity index (χ0) is 17.8. The van der Waals surface area contributed by atoms with Crippen LogP contribution in [0.1, 0.15) is 41.6 Å². The highest BCUT2D eigenvalue weighted by Gasteiger charge is 2.14. The lowest BCUT2D eigenvalue weighted by molar-refractivity contribution is 0.0951. The van der Waals surface area contributed by atoms with Crippen molar-refractivity contribution >= 4 is 17.3 Å². The average Bonchev–Trinajstić information content (AvgIpc) is 3.40. The van der Waals surface area contributed by atoms with Crippen LogP contribution in [-0.2, 0) is 6.54 Å². The number of hydrogen-bond donors (Lipinski definition) is 1. The summed E-state index contributed by atoms with van der Waals surface area (Å²) in [6, 6.07) is 16.5. The Labute approximate surface area is 155 Å². The average molecular weight is 349 g/mol. The van der Waals surface area contributed by atoms with Crippen molar-refractivity contribution < 1.29 is 4.79 Å². The number of carbonyl (C=O) groups is 1. The monoisotopic (exact) mass is 349 g/mol. The van der Waals surface area contributed by atoms with Crippen molar-refractivity contribution in [3.05, 3.63) is 59.7 Å². The summed E-state index contributed by atoms with van der Waals surface area (Å²) in [4.78, 5) is 17.2. The van der Waals surface area contributed by atoms with Crippen molar-refractivity contribution in [1.82, 2.24) is 5.32 Å². The summed E-state index contributed by atoms with van der Waals surface area (Å²) in [5.41, 5.74) is 4.36. The van der Waals surface area contributed by atoms with Crippen molar-refractivity contribution in [2.45, 2.75) is 32.2 Å². The summed E-state index contributed by atoms with van der Waals surface area (Å²) in [7, 11) is 0. The molecule has 136 valence electrons. The fraction of sp³-hybridized carbons (Fsp3) is 0.409. The van der Waals surface area contributed by atoms with E-state index in [0.717, 1.165) is 37.3 Å². The quantitative estimate of drug-likeness (QED) is 0.891. The van der Waals surface area contributed by atoms with E-state index >= 15 is 0 Å². The first-order valence-corrected chi connectivity index (χ1v) is 9.77. The topological polar surface area (TPSA) is 35.6 Å². The molecule has 2 aromatic rings. The van der Waals surface area contributed by atoms with Crippen LogP contribution in [0.2, 0.25) is 0 Å². The van der Waals surface area contributed by atoms with Gasteiger partial charge in [0.15, 0.2) is 0 Å². The molecule has 4 heteroatoms. The zero-order valence-corrected chi connectivity index (χ0v) is 15.3. The molecule has 0 unspecified atom stereocenters. The van der Waals surface area contributed by atoms with Gasteiger partial charge in [-0.05, 0) is 67.6 Å². The van der Waals surface area contributed by atoms with Crippen LogP contribution in [0, 0.1) is 0 Å². The second-order valence-corrected chi connectivity index (χ2v) is 7.28. The van der Waals surface area contributed by atoms with Gasteiger partial charge >= 0.3 is 0 Å². The van der Waals surface area contributed by atoms with Gasteiger partial charge in [0.1, 0.15) is 0 Å². The summed E-state index contributed by atoms with van der Waals surface area (Å²) < 4.78 is 0. The highest BCUT2D eigenvalue weighted by molar-refractivity contribution is 5.94. The van der Waals surface area contributed by atoms with Gasteiger partial charge in [0, 0.05) is 49.7 Å². The fourth-order valence-corrected chi connectivity index (χ4v) is 3.88. The van der Waals surface area contributed by atoms with E-state index in [1.807, 2.05) is 12.1 Å². The van der Waals surface area contributed by atoms with Crippen molar-refractivity contribution in [2.24, 2.45) is 0 Å². The van der Waals surface area contributed by atoms with Gasteiger partial charge in [0.2, 0.25) is 0 Å². The van der Waals surface area contributed by atoms with Gasteiger partial charge in [0.25, 0.3) is 5.91 Å². The first-order chi connectivity index (χ1) is 12.8. The Morgan fingerprint density at radius 2 is 1.19 bits per heavy atom. The number of benzene rings is 2. The van der Waals surface area contributed by atoms with E-state index in [1.54, 1.807) is 0 Å². The maximum atomic E-state index is 12.4. The summed E-state index contributed by atoms with van der Waals surface area (Å²) in [5, 5.41) is 3.03. The molecule has 1 N–H and O–H groups in total. The van der Waals surface area contributed by atoms with Crippen LogP contribution in [-0.4, -0.2) is 32.1 Å². The van der Waals surface area contributed by atoms with E-state index in [0.29, 0.717) is 6.54 Å². The Bertz CT molecular complexity index is 727. The maximum absolute atomic E-state index is 12.4. The van der Waals surface area contributed by atoms with Crippen LogP contribution in [0.15, 0.2) is 48.5 Å². The van der Waals surface area contributed by atoms with E-state index in [9.17, 15) is 4.79 Å². The third-order valence-electron chi connectivity index (χ3n) is 5.46. The number of rotatable bonds is 5. The molecule has 0 aliphatic carbocycles. The summed E-state index contributed by atoms with van der Waals surface area (Å²) in [6.45, 7) is 5.12. The summed E-state index contributed by atoms with van der Waals surface area (Å²) >= 11 is 0. The smallest absolute Gasteiger partial charge is 0.251 e. The standard InChI is InChI=1S/C22H27N3O/c26-22(19-7-11-21(12-8-19)25-15-3-4-16-25)23-17-18-5-9-20(10-6-18)24-13-1-2-14-24/h5-12H,1-4,13-17H2,(H,23,26). The third kappa shape index (κ3) is 3.85. The number of amides is 1. The predicted octanol–water partition coefficient (Wildman–Crippen LogP) is 3.82. The lowest BCUT2D eigenvalue weighted by Crippen LogP contribution is -2.23. The van der Waals surface area contributed by atoms with Crippen LogP contribution in [0.3, 0.4) is 0 Å². The molecule has 2 saturated heterocycles. The lowest BCUT2D eigenvalue weighted by atomic mass is 10.1. The number of carbonyl (C=O) groups excluding carboxylic acids is 1. The Kier molecular flexibility index (Phi) is 5.09. The molecule has 1 amide bonds. The minimum atomic E-state index is -0.0124. The van der Waals surface area contributed by atoms with Gasteiger partial charge in [-0.3, -0.25) is 4.79 Å². The normalized spacial score (nSPS) is 16.9. The zero-order valence-electron chi connectivity index (χ0n) is 15.3. The summed E-state index contributed by atoms with van der Waals surface area (Å²) in [6.07, 6.45) is 5.10.